The van der Waals surface area contributed by atoms with Crippen molar-refractivity contribution >= 4 is 17.3 Å². The largest absolute Gasteiger partial charge is 0.397 e. The van der Waals surface area contributed by atoms with Crippen molar-refractivity contribution < 1.29 is 4.79 Å². The third-order valence-electron chi connectivity index (χ3n) is 2.74. The van der Waals surface area contributed by atoms with E-state index < -0.39 is 5.91 Å². The third kappa shape index (κ3) is 2.42. The number of hydrogen-bond acceptors (Lipinski definition) is 4. The van der Waals surface area contributed by atoms with Crippen LogP contribution in [0.5, 0.6) is 0 Å². The summed E-state index contributed by atoms with van der Waals surface area (Å²) in [4.78, 5) is 11.0. The van der Waals surface area contributed by atoms with Crippen molar-refractivity contribution in [3.8, 4) is 0 Å². The van der Waals surface area contributed by atoms with Crippen LogP contribution in [-0.2, 0) is 6.54 Å². The fourth-order valence-electron chi connectivity index (χ4n) is 1.62. The number of aromatic amines is 1. The predicted molar refractivity (Wildman–Crippen MR) is 70.0 cm³/mol. The molecule has 6 heteroatoms. The Bertz CT molecular complexity index is 576. The Morgan fingerprint density at radius 2 is 2.28 bits per heavy atom. The first kappa shape index (κ1) is 12.0. The summed E-state index contributed by atoms with van der Waals surface area (Å²) in [7, 11) is 0. The van der Waals surface area contributed by atoms with Crippen LogP contribution in [0.4, 0.5) is 11.4 Å². The van der Waals surface area contributed by atoms with E-state index >= 15 is 0 Å². The minimum absolute atomic E-state index is 0.401. The maximum Gasteiger partial charge on any atom is 0.248 e. The lowest BCUT2D eigenvalue weighted by atomic mass is 10.1. The van der Waals surface area contributed by atoms with Gasteiger partial charge in [0.25, 0.3) is 0 Å². The first-order valence-corrected chi connectivity index (χ1v) is 5.50. The van der Waals surface area contributed by atoms with E-state index in [4.69, 9.17) is 11.5 Å². The van der Waals surface area contributed by atoms with Crippen molar-refractivity contribution in [3.05, 3.63) is 41.2 Å². The van der Waals surface area contributed by atoms with Crippen molar-refractivity contribution in [1.29, 1.82) is 0 Å². The van der Waals surface area contributed by atoms with Crippen LogP contribution in [0.1, 0.15) is 21.6 Å². The Labute approximate surface area is 104 Å². The second-order valence-corrected chi connectivity index (χ2v) is 4.04. The zero-order chi connectivity index (χ0) is 13.1. The van der Waals surface area contributed by atoms with Crippen LogP contribution in [0.25, 0.3) is 0 Å². The van der Waals surface area contributed by atoms with Gasteiger partial charge in [0.05, 0.1) is 17.6 Å². The maximum atomic E-state index is 11.0. The summed E-state index contributed by atoms with van der Waals surface area (Å²) < 4.78 is 0. The van der Waals surface area contributed by atoms with E-state index in [1.165, 1.54) is 0 Å². The number of rotatable bonds is 4. The summed E-state index contributed by atoms with van der Waals surface area (Å²) in [5.74, 6) is -0.487. The van der Waals surface area contributed by atoms with Crippen molar-refractivity contribution in [3.63, 3.8) is 0 Å². The Kier molecular flexibility index (Phi) is 3.18. The minimum atomic E-state index is -0.487. The summed E-state index contributed by atoms with van der Waals surface area (Å²) >= 11 is 0. The Hall–Kier alpha value is -2.50. The topological polar surface area (TPSA) is 110 Å². The first-order valence-electron chi connectivity index (χ1n) is 5.50. The molecule has 1 heterocycles. The number of nitrogens with two attached hydrogens (primary N) is 2. The number of nitrogens with zero attached hydrogens (tertiary/aromatic N) is 1. The molecule has 0 saturated carbocycles. The molecule has 0 radical (unpaired) electrons. The van der Waals surface area contributed by atoms with E-state index in [1.54, 1.807) is 24.4 Å². The molecule has 1 aromatic carbocycles. The van der Waals surface area contributed by atoms with Gasteiger partial charge < -0.3 is 16.8 Å². The molecule has 2 rings (SSSR count). The van der Waals surface area contributed by atoms with E-state index in [0.717, 1.165) is 16.9 Å². The van der Waals surface area contributed by atoms with Crippen molar-refractivity contribution in [2.75, 3.05) is 11.1 Å². The number of H-pyrrole nitrogens is 1. The average molecular weight is 245 g/mol. The summed E-state index contributed by atoms with van der Waals surface area (Å²) in [6.45, 7) is 2.56. The van der Waals surface area contributed by atoms with Crippen LogP contribution in [0.2, 0.25) is 0 Å². The van der Waals surface area contributed by atoms with Gasteiger partial charge in [-0.15, -0.1) is 0 Å². The van der Waals surface area contributed by atoms with Gasteiger partial charge in [-0.1, -0.05) is 0 Å². The van der Waals surface area contributed by atoms with Crippen LogP contribution in [0, 0.1) is 6.92 Å². The van der Waals surface area contributed by atoms with Gasteiger partial charge in [0.1, 0.15) is 0 Å². The maximum absolute atomic E-state index is 11.0. The number of hydrogen-bond donors (Lipinski definition) is 4. The van der Waals surface area contributed by atoms with E-state index in [0.29, 0.717) is 17.8 Å². The highest BCUT2D eigenvalue weighted by Crippen LogP contribution is 2.20. The molecule has 0 fully saturated rings. The highest BCUT2D eigenvalue weighted by atomic mass is 16.1. The zero-order valence-corrected chi connectivity index (χ0v) is 10.0. The molecule has 1 aromatic heterocycles. The smallest absolute Gasteiger partial charge is 0.248 e. The van der Waals surface area contributed by atoms with Gasteiger partial charge in [-0.25, -0.2) is 0 Å². The quantitative estimate of drug-likeness (QED) is 0.602. The number of nitrogen functional groups attached to an aromatic ring is 1. The molecule has 1 amide bonds. The van der Waals surface area contributed by atoms with E-state index in [2.05, 4.69) is 15.5 Å². The van der Waals surface area contributed by atoms with Crippen LogP contribution < -0.4 is 16.8 Å². The van der Waals surface area contributed by atoms with Crippen LogP contribution in [0.15, 0.2) is 24.4 Å². The second-order valence-electron chi connectivity index (χ2n) is 4.04. The first-order chi connectivity index (χ1) is 8.58. The summed E-state index contributed by atoms with van der Waals surface area (Å²) in [5, 5.41) is 9.98. The molecule has 0 atom stereocenters. The monoisotopic (exact) mass is 245 g/mol. The number of carbonyl (C=O) groups excluding carboxylic acids is 1. The standard InChI is InChI=1S/C12H15N5O/c1-7-9(6-16-17-7)5-15-11-3-2-8(12(14)18)4-10(11)13/h2-4,6,15H,5,13H2,1H3,(H2,14,18)(H,16,17). The fraction of sp³-hybridized carbons (Fsp3) is 0.167. The molecule has 0 bridgehead atoms. The molecular formula is C12H15N5O. The zero-order valence-electron chi connectivity index (χ0n) is 10.0. The van der Waals surface area contributed by atoms with Crippen LogP contribution in [0.3, 0.4) is 0 Å². The number of benzene rings is 1. The number of primary amides is 1. The fourth-order valence-corrected chi connectivity index (χ4v) is 1.62. The van der Waals surface area contributed by atoms with Gasteiger partial charge in [-0.2, -0.15) is 5.10 Å². The van der Waals surface area contributed by atoms with Crippen molar-refractivity contribution in [2.45, 2.75) is 13.5 Å². The third-order valence-corrected chi connectivity index (χ3v) is 2.74. The minimum Gasteiger partial charge on any atom is -0.397 e. The molecular weight excluding hydrogens is 230 g/mol. The molecule has 0 unspecified atom stereocenters. The molecule has 94 valence electrons. The molecule has 0 saturated heterocycles. The normalized spacial score (nSPS) is 10.3. The van der Waals surface area contributed by atoms with E-state index in [-0.39, 0.29) is 0 Å². The number of anilines is 2. The summed E-state index contributed by atoms with van der Waals surface area (Å²) in [6.07, 6.45) is 1.76. The van der Waals surface area contributed by atoms with Gasteiger partial charge >= 0.3 is 0 Å². The van der Waals surface area contributed by atoms with Crippen LogP contribution in [-0.4, -0.2) is 16.1 Å². The second kappa shape index (κ2) is 4.79. The van der Waals surface area contributed by atoms with Crippen molar-refractivity contribution in [2.24, 2.45) is 5.73 Å². The summed E-state index contributed by atoms with van der Waals surface area (Å²) in [5.41, 5.74) is 14.7. The van der Waals surface area contributed by atoms with E-state index in [1.807, 2.05) is 6.92 Å². The lowest BCUT2D eigenvalue weighted by molar-refractivity contribution is 0.100. The Balaban J connectivity index is 2.11. The average Bonchev–Trinajstić information content (AvgIpc) is 2.73. The number of carbonyl (C=O) groups is 1. The molecule has 0 spiro atoms. The molecule has 18 heavy (non-hydrogen) atoms. The number of nitrogens with one attached hydrogen (secondary N) is 2. The highest BCUT2D eigenvalue weighted by molar-refractivity contribution is 5.94. The van der Waals surface area contributed by atoms with Gasteiger partial charge in [0.15, 0.2) is 0 Å². The molecule has 0 aliphatic carbocycles. The summed E-state index contributed by atoms with van der Waals surface area (Å²) in [6, 6.07) is 4.95. The lowest BCUT2D eigenvalue weighted by Gasteiger charge is -2.09. The van der Waals surface area contributed by atoms with Gasteiger partial charge in [-0.05, 0) is 25.1 Å². The van der Waals surface area contributed by atoms with Gasteiger partial charge in [-0.3, -0.25) is 9.89 Å². The highest BCUT2D eigenvalue weighted by Gasteiger charge is 2.05. The van der Waals surface area contributed by atoms with Gasteiger partial charge in [0.2, 0.25) is 5.91 Å². The van der Waals surface area contributed by atoms with Crippen LogP contribution >= 0.6 is 0 Å². The Morgan fingerprint density at radius 1 is 1.50 bits per heavy atom. The molecule has 6 N–H and O–H groups in total. The molecule has 2 aromatic rings. The SMILES string of the molecule is Cc1[nH]ncc1CNc1ccc(C(N)=O)cc1N. The predicted octanol–water partition coefficient (Wildman–Crippen LogP) is 1.01. The molecule has 0 aliphatic heterocycles. The van der Waals surface area contributed by atoms with Crippen molar-refractivity contribution in [1.82, 2.24) is 10.2 Å². The Morgan fingerprint density at radius 3 is 2.83 bits per heavy atom. The van der Waals surface area contributed by atoms with Gasteiger partial charge in [0, 0.05) is 23.4 Å². The van der Waals surface area contributed by atoms with E-state index in [9.17, 15) is 4.79 Å². The number of aromatic nitrogens is 2. The molecule has 6 nitrogen and oxygen atoms in total. The lowest BCUT2D eigenvalue weighted by Crippen LogP contribution is -2.12. The molecule has 0 aliphatic rings. The number of aryl methyl sites for hydroxylation is 1. The number of amides is 1.